The number of methoxy groups -OCH3 is 3. The Balaban J connectivity index is 1.63. The van der Waals surface area contributed by atoms with Crippen molar-refractivity contribution in [2.75, 3.05) is 21.3 Å². The summed E-state index contributed by atoms with van der Waals surface area (Å²) in [6.45, 7) is 0.177. The van der Waals surface area contributed by atoms with Crippen molar-refractivity contribution in [2.45, 2.75) is 18.0 Å². The highest BCUT2D eigenvalue weighted by atomic mass is 32.2. The molecule has 0 aliphatic rings. The molecule has 1 heterocycles. The minimum atomic E-state index is -4.35. The topological polar surface area (TPSA) is 105 Å². The first kappa shape index (κ1) is 27.5. The summed E-state index contributed by atoms with van der Waals surface area (Å²) in [6, 6.07) is 17.9. The lowest BCUT2D eigenvalue weighted by Gasteiger charge is -2.24. The Labute approximate surface area is 225 Å². The molecule has 1 amide bonds. The summed E-state index contributed by atoms with van der Waals surface area (Å²) in [5, 5.41) is 0. The number of carbonyl (C=O) groups is 1. The van der Waals surface area contributed by atoms with Gasteiger partial charge in [-0.15, -0.1) is 0 Å². The SMILES string of the molecule is COc1ccc(S(=O)(=O)Oc2cccc(CN(Cc3ccco3)C(=O)c3c(OC)cccc3OC)c2)cc1F. The average Bonchev–Trinajstić information content (AvgIpc) is 3.45. The maximum Gasteiger partial charge on any atom is 0.339 e. The fourth-order valence-electron chi connectivity index (χ4n) is 3.90. The van der Waals surface area contributed by atoms with Crippen molar-refractivity contribution in [3.8, 4) is 23.0 Å². The van der Waals surface area contributed by atoms with Crippen LogP contribution in [0.4, 0.5) is 4.39 Å². The quantitative estimate of drug-likeness (QED) is 0.237. The van der Waals surface area contributed by atoms with Crippen LogP contribution in [0.1, 0.15) is 21.7 Å². The molecule has 9 nitrogen and oxygen atoms in total. The number of benzene rings is 3. The molecule has 0 spiro atoms. The van der Waals surface area contributed by atoms with Crippen LogP contribution in [0, 0.1) is 5.82 Å². The highest BCUT2D eigenvalue weighted by molar-refractivity contribution is 7.87. The molecule has 0 saturated carbocycles. The number of furan rings is 1. The van der Waals surface area contributed by atoms with Gasteiger partial charge >= 0.3 is 10.1 Å². The molecular formula is C28H26FNO8S. The molecule has 4 aromatic rings. The molecule has 0 bridgehead atoms. The van der Waals surface area contributed by atoms with E-state index in [-0.39, 0.29) is 35.0 Å². The van der Waals surface area contributed by atoms with E-state index in [0.29, 0.717) is 22.8 Å². The zero-order chi connectivity index (χ0) is 28.0. The first-order chi connectivity index (χ1) is 18.7. The first-order valence-electron chi connectivity index (χ1n) is 11.7. The predicted octanol–water partition coefficient (Wildman–Crippen LogP) is 5.05. The van der Waals surface area contributed by atoms with E-state index in [1.165, 1.54) is 56.8 Å². The Hall–Kier alpha value is -4.51. The van der Waals surface area contributed by atoms with Crippen LogP contribution < -0.4 is 18.4 Å². The van der Waals surface area contributed by atoms with E-state index in [2.05, 4.69) is 0 Å². The molecular weight excluding hydrogens is 529 g/mol. The molecule has 3 aromatic carbocycles. The monoisotopic (exact) mass is 555 g/mol. The molecule has 39 heavy (non-hydrogen) atoms. The van der Waals surface area contributed by atoms with Gasteiger partial charge in [0.15, 0.2) is 11.6 Å². The van der Waals surface area contributed by atoms with Gasteiger partial charge in [-0.1, -0.05) is 18.2 Å². The summed E-state index contributed by atoms with van der Waals surface area (Å²) in [4.78, 5) is 14.9. The summed E-state index contributed by atoms with van der Waals surface area (Å²) in [6.07, 6.45) is 1.50. The zero-order valence-electron chi connectivity index (χ0n) is 21.4. The van der Waals surface area contributed by atoms with Gasteiger partial charge < -0.3 is 27.7 Å². The molecule has 0 unspecified atom stereocenters. The van der Waals surface area contributed by atoms with Crippen molar-refractivity contribution in [2.24, 2.45) is 0 Å². The van der Waals surface area contributed by atoms with Crippen LogP contribution in [0.3, 0.4) is 0 Å². The van der Waals surface area contributed by atoms with Crippen LogP contribution in [0.25, 0.3) is 0 Å². The molecule has 0 fully saturated rings. The largest absolute Gasteiger partial charge is 0.496 e. The first-order valence-corrected chi connectivity index (χ1v) is 13.1. The Morgan fingerprint density at radius 2 is 1.54 bits per heavy atom. The van der Waals surface area contributed by atoms with E-state index in [4.69, 9.17) is 22.8 Å². The van der Waals surface area contributed by atoms with E-state index in [1.54, 1.807) is 42.5 Å². The summed E-state index contributed by atoms with van der Waals surface area (Å²) >= 11 is 0. The van der Waals surface area contributed by atoms with Crippen molar-refractivity contribution >= 4 is 16.0 Å². The molecule has 0 saturated heterocycles. The van der Waals surface area contributed by atoms with Crippen molar-refractivity contribution in [3.63, 3.8) is 0 Å². The predicted molar refractivity (Wildman–Crippen MR) is 139 cm³/mol. The molecule has 4 rings (SSSR count). The molecule has 0 aliphatic heterocycles. The van der Waals surface area contributed by atoms with Crippen molar-refractivity contribution < 1.29 is 40.4 Å². The molecule has 1 aromatic heterocycles. The second-order valence-electron chi connectivity index (χ2n) is 8.26. The number of hydrogen-bond acceptors (Lipinski definition) is 8. The van der Waals surface area contributed by atoms with Crippen LogP contribution in [-0.4, -0.2) is 40.6 Å². The molecule has 0 radical (unpaired) electrons. The molecule has 0 N–H and O–H groups in total. The van der Waals surface area contributed by atoms with E-state index >= 15 is 0 Å². The number of carbonyl (C=O) groups excluding carboxylic acids is 1. The Kier molecular flexibility index (Phi) is 8.40. The van der Waals surface area contributed by atoms with Crippen LogP contribution in [0.15, 0.2) is 88.4 Å². The molecule has 0 aliphatic carbocycles. The summed E-state index contributed by atoms with van der Waals surface area (Å²) in [5.74, 6) is -0.137. The van der Waals surface area contributed by atoms with Gasteiger partial charge in [0, 0.05) is 6.54 Å². The smallest absolute Gasteiger partial charge is 0.339 e. The van der Waals surface area contributed by atoms with Gasteiger partial charge in [0.2, 0.25) is 0 Å². The number of hydrogen-bond donors (Lipinski definition) is 0. The molecule has 11 heteroatoms. The van der Waals surface area contributed by atoms with E-state index in [1.807, 2.05) is 0 Å². The number of halogens is 1. The maximum absolute atomic E-state index is 14.1. The summed E-state index contributed by atoms with van der Waals surface area (Å²) in [7, 11) is -0.159. The highest BCUT2D eigenvalue weighted by Crippen LogP contribution is 2.31. The van der Waals surface area contributed by atoms with Gasteiger partial charge in [0.25, 0.3) is 5.91 Å². The molecule has 204 valence electrons. The number of rotatable bonds is 11. The van der Waals surface area contributed by atoms with Crippen LogP contribution in [0.5, 0.6) is 23.0 Å². The van der Waals surface area contributed by atoms with Crippen LogP contribution in [-0.2, 0) is 23.2 Å². The summed E-state index contributed by atoms with van der Waals surface area (Å²) < 4.78 is 66.1. The second-order valence-corrected chi connectivity index (χ2v) is 9.81. The maximum atomic E-state index is 14.1. The van der Waals surface area contributed by atoms with Crippen LogP contribution in [0.2, 0.25) is 0 Å². The van der Waals surface area contributed by atoms with Gasteiger partial charge in [-0.2, -0.15) is 8.42 Å². The van der Waals surface area contributed by atoms with E-state index in [9.17, 15) is 17.6 Å². The van der Waals surface area contributed by atoms with Crippen molar-refractivity contribution in [1.29, 1.82) is 0 Å². The van der Waals surface area contributed by atoms with Crippen LogP contribution >= 0.6 is 0 Å². The normalized spacial score (nSPS) is 11.1. The Morgan fingerprint density at radius 3 is 2.15 bits per heavy atom. The average molecular weight is 556 g/mol. The van der Waals surface area contributed by atoms with Gasteiger partial charge in [-0.25, -0.2) is 4.39 Å². The fraction of sp³-hybridized carbons (Fsp3) is 0.179. The van der Waals surface area contributed by atoms with Gasteiger partial charge in [0.1, 0.15) is 33.5 Å². The van der Waals surface area contributed by atoms with Crippen molar-refractivity contribution in [3.05, 3.63) is 102 Å². The Bertz CT molecular complexity index is 1530. The molecule has 0 atom stereocenters. The van der Waals surface area contributed by atoms with Gasteiger partial charge in [-0.05, 0) is 60.2 Å². The number of amides is 1. The third-order valence-corrected chi connectivity index (χ3v) is 6.99. The minimum absolute atomic E-state index is 0.0102. The third kappa shape index (κ3) is 6.32. The number of ether oxygens (including phenoxy) is 3. The van der Waals surface area contributed by atoms with Crippen molar-refractivity contribution in [1.82, 2.24) is 4.90 Å². The van der Waals surface area contributed by atoms with E-state index in [0.717, 1.165) is 6.07 Å². The fourth-order valence-corrected chi connectivity index (χ4v) is 4.84. The highest BCUT2D eigenvalue weighted by Gasteiger charge is 2.26. The number of nitrogens with zero attached hydrogens (tertiary/aromatic N) is 1. The van der Waals surface area contributed by atoms with E-state index < -0.39 is 21.8 Å². The minimum Gasteiger partial charge on any atom is -0.496 e. The lowest BCUT2D eigenvalue weighted by molar-refractivity contribution is 0.0710. The van der Waals surface area contributed by atoms with Gasteiger partial charge in [-0.3, -0.25) is 4.79 Å². The lowest BCUT2D eigenvalue weighted by atomic mass is 10.1. The zero-order valence-corrected chi connectivity index (χ0v) is 22.2. The lowest BCUT2D eigenvalue weighted by Crippen LogP contribution is -2.30. The Morgan fingerprint density at radius 1 is 0.846 bits per heavy atom. The second kappa shape index (κ2) is 11.9. The summed E-state index contributed by atoms with van der Waals surface area (Å²) in [5.41, 5.74) is 0.794. The third-order valence-electron chi connectivity index (χ3n) is 5.75. The van der Waals surface area contributed by atoms with Gasteiger partial charge in [0.05, 0.1) is 34.1 Å². The standard InChI is InChI=1S/C28H26FNO8S/c1-34-24-13-12-22(16-23(24)29)39(32,33)38-20-8-4-7-19(15-20)17-30(18-21-9-6-14-37-21)28(31)27-25(35-2)10-5-11-26(27)36-3/h4-16H,17-18H2,1-3H3.